The summed E-state index contributed by atoms with van der Waals surface area (Å²) in [4.78, 5) is 27.6. The van der Waals surface area contributed by atoms with Crippen molar-refractivity contribution in [1.29, 1.82) is 0 Å². The van der Waals surface area contributed by atoms with Crippen LogP contribution in [0.25, 0.3) is 28.3 Å². The summed E-state index contributed by atoms with van der Waals surface area (Å²) in [5.41, 5.74) is 7.36. The number of halogens is 2. The minimum absolute atomic E-state index is 0.165. The van der Waals surface area contributed by atoms with Crippen molar-refractivity contribution < 1.29 is 22.2 Å². The number of anilines is 2. The normalized spacial score (nSPS) is 17.0. The Morgan fingerprint density at radius 3 is 2.53 bits per heavy atom. The van der Waals surface area contributed by atoms with Crippen LogP contribution in [0.15, 0.2) is 41.1 Å². The van der Waals surface area contributed by atoms with Crippen molar-refractivity contribution in [1.82, 2.24) is 39.2 Å². The first kappa shape index (κ1) is 27.4. The first-order valence-electron chi connectivity index (χ1n) is 13.9. The van der Waals surface area contributed by atoms with Gasteiger partial charge in [-0.25, -0.2) is 18.4 Å². The summed E-state index contributed by atoms with van der Waals surface area (Å²) in [5.74, 6) is -0.283. The van der Waals surface area contributed by atoms with Gasteiger partial charge in [0.25, 0.3) is 5.91 Å². The van der Waals surface area contributed by atoms with Crippen LogP contribution in [-0.2, 0) is 17.3 Å². The van der Waals surface area contributed by atoms with Crippen LogP contribution in [0.5, 0.6) is 0 Å². The number of furan rings is 1. The highest BCUT2D eigenvalue weighted by molar-refractivity contribution is 7.85. The van der Waals surface area contributed by atoms with E-state index in [2.05, 4.69) is 25.1 Å². The molecule has 16 heteroatoms. The van der Waals surface area contributed by atoms with E-state index in [1.165, 1.54) is 15.5 Å². The Morgan fingerprint density at radius 1 is 1.00 bits per heavy atom. The molecule has 0 radical (unpaired) electrons. The number of rotatable bonds is 6. The number of hydrogen-bond donors (Lipinski definition) is 1. The fourth-order valence-corrected chi connectivity index (χ4v) is 6.59. The molecule has 2 aliphatic rings. The molecule has 43 heavy (non-hydrogen) atoms. The smallest absolute Gasteiger partial charge is 0.256 e. The fraction of sp³-hybridized carbons (Fsp3) is 0.370. The molecule has 0 aliphatic carbocycles. The van der Waals surface area contributed by atoms with Crippen molar-refractivity contribution in [3.8, 4) is 11.6 Å². The number of nitrogens with two attached hydrogens (primary N) is 1. The Balaban J connectivity index is 1.02. The summed E-state index contributed by atoms with van der Waals surface area (Å²) in [6, 6.07) is 5.61. The van der Waals surface area contributed by atoms with Gasteiger partial charge in [0.05, 0.1) is 35.6 Å². The van der Waals surface area contributed by atoms with Gasteiger partial charge in [-0.1, -0.05) is 0 Å². The van der Waals surface area contributed by atoms with E-state index in [9.17, 15) is 17.8 Å². The average Bonchev–Trinajstić information content (AvgIpc) is 3.77. The van der Waals surface area contributed by atoms with Gasteiger partial charge in [-0.05, 0) is 18.2 Å². The third-order valence-corrected chi connectivity index (χ3v) is 9.19. The van der Waals surface area contributed by atoms with E-state index in [0.717, 1.165) is 6.07 Å². The first-order valence-corrected chi connectivity index (χ1v) is 15.4. The Morgan fingerprint density at radius 2 is 1.79 bits per heavy atom. The predicted molar refractivity (Wildman–Crippen MR) is 155 cm³/mol. The lowest BCUT2D eigenvalue weighted by molar-refractivity contribution is 0.0766. The van der Waals surface area contributed by atoms with Gasteiger partial charge < -0.3 is 20.0 Å². The average molecular weight is 611 g/mol. The Bertz CT molecular complexity index is 1840. The zero-order valence-electron chi connectivity index (χ0n) is 23.0. The van der Waals surface area contributed by atoms with Gasteiger partial charge in [0.1, 0.15) is 11.6 Å². The van der Waals surface area contributed by atoms with Crippen LogP contribution in [0.2, 0.25) is 0 Å². The molecule has 1 amide bonds. The molecule has 224 valence electrons. The van der Waals surface area contributed by atoms with E-state index < -0.39 is 28.3 Å². The van der Waals surface area contributed by atoms with E-state index in [1.807, 2.05) is 4.90 Å². The van der Waals surface area contributed by atoms with E-state index >= 15 is 0 Å². The van der Waals surface area contributed by atoms with Crippen molar-refractivity contribution in [3.05, 3.63) is 53.9 Å². The van der Waals surface area contributed by atoms with Crippen LogP contribution in [0.1, 0.15) is 10.4 Å². The van der Waals surface area contributed by atoms with E-state index in [1.54, 1.807) is 29.3 Å². The Kier molecular flexibility index (Phi) is 7.01. The minimum Gasteiger partial charge on any atom is -0.461 e. The molecule has 2 aliphatic heterocycles. The number of carbonyl (C=O) groups excluding carboxylic acids is 1. The molecule has 0 atom stereocenters. The third kappa shape index (κ3) is 5.09. The molecule has 7 rings (SSSR count). The van der Waals surface area contributed by atoms with Crippen LogP contribution in [0.3, 0.4) is 0 Å². The second-order valence-electron chi connectivity index (χ2n) is 10.5. The van der Waals surface area contributed by atoms with Gasteiger partial charge in [-0.3, -0.25) is 13.9 Å². The highest BCUT2D eigenvalue weighted by Gasteiger charge is 2.27. The topological polar surface area (TPSA) is 144 Å². The maximum absolute atomic E-state index is 14.9. The molecule has 5 aromatic rings. The number of piperazine rings is 1. The third-order valence-electron chi connectivity index (χ3n) is 7.91. The maximum atomic E-state index is 14.9. The molecule has 2 fully saturated rings. The zero-order valence-corrected chi connectivity index (χ0v) is 23.8. The molecular formula is C27H28F2N10O3S. The molecule has 6 heterocycles. The SMILES string of the molecule is Nc1nc2c(cnn2CCN2CCN(c3cc(C(=O)N4CCS(=O)CC4)c(F)cc3F)CC2)c2nc(-c3ccco3)nn12. The number of amides is 1. The Labute approximate surface area is 246 Å². The number of aromatic nitrogens is 6. The molecule has 1 aromatic carbocycles. The quantitative estimate of drug-likeness (QED) is 0.301. The van der Waals surface area contributed by atoms with Crippen molar-refractivity contribution in [2.75, 3.05) is 68.0 Å². The summed E-state index contributed by atoms with van der Waals surface area (Å²) < 4.78 is 49.8. The fourth-order valence-electron chi connectivity index (χ4n) is 5.53. The number of benzene rings is 1. The molecule has 0 unspecified atom stereocenters. The summed E-state index contributed by atoms with van der Waals surface area (Å²) in [6.07, 6.45) is 3.24. The van der Waals surface area contributed by atoms with E-state index in [0.29, 0.717) is 92.1 Å². The lowest BCUT2D eigenvalue weighted by Crippen LogP contribution is -2.47. The highest BCUT2D eigenvalue weighted by Crippen LogP contribution is 2.27. The van der Waals surface area contributed by atoms with Crippen molar-refractivity contribution >= 4 is 45.0 Å². The van der Waals surface area contributed by atoms with Crippen LogP contribution in [-0.4, -0.2) is 107 Å². The van der Waals surface area contributed by atoms with Gasteiger partial charge in [0.15, 0.2) is 17.1 Å². The largest absolute Gasteiger partial charge is 0.461 e. The highest BCUT2D eigenvalue weighted by atomic mass is 32.2. The molecule has 2 N–H and O–H groups in total. The number of carbonyl (C=O) groups is 1. The predicted octanol–water partition coefficient (Wildman–Crippen LogP) is 1.62. The molecule has 2 saturated heterocycles. The summed E-state index contributed by atoms with van der Waals surface area (Å²) in [7, 11) is -0.969. The number of hydrogen-bond acceptors (Lipinski definition) is 10. The molecule has 0 bridgehead atoms. The molecular weight excluding hydrogens is 582 g/mol. The zero-order chi connectivity index (χ0) is 29.7. The number of nitrogens with zero attached hydrogens (tertiary/aromatic N) is 9. The molecule has 13 nitrogen and oxygen atoms in total. The Hall–Kier alpha value is -4.44. The summed E-state index contributed by atoms with van der Waals surface area (Å²) in [5, 5.41) is 9.63. The number of fused-ring (bicyclic) bond motifs is 3. The van der Waals surface area contributed by atoms with Crippen LogP contribution < -0.4 is 10.6 Å². The summed E-state index contributed by atoms with van der Waals surface area (Å²) in [6.45, 7) is 4.05. The van der Waals surface area contributed by atoms with Gasteiger partial charge in [-0.2, -0.15) is 14.6 Å². The minimum atomic E-state index is -0.969. The van der Waals surface area contributed by atoms with Crippen molar-refractivity contribution in [3.63, 3.8) is 0 Å². The molecule has 0 spiro atoms. The van der Waals surface area contributed by atoms with Gasteiger partial charge in [0.2, 0.25) is 11.8 Å². The maximum Gasteiger partial charge on any atom is 0.256 e. The standard InChI is InChI=1S/C27H28F2N10O3S/c28-19-15-20(29)21(14-17(19)26(40)37-9-12-43(41)13-10-37)36-6-3-35(4-7-36)5-8-38-24-18(16-31-38)25-32-23(22-2-1-11-42-22)34-39(25)27(30)33-24/h1-2,11,14-16H,3-10,12-13H2,(H2,30,33). The van der Waals surface area contributed by atoms with E-state index in [4.69, 9.17) is 10.2 Å². The van der Waals surface area contributed by atoms with Crippen LogP contribution in [0.4, 0.5) is 20.4 Å². The monoisotopic (exact) mass is 610 g/mol. The number of nitrogen functional groups attached to an aromatic ring is 1. The van der Waals surface area contributed by atoms with Gasteiger partial charge in [-0.15, -0.1) is 5.10 Å². The second-order valence-corrected chi connectivity index (χ2v) is 12.2. The van der Waals surface area contributed by atoms with Crippen molar-refractivity contribution in [2.24, 2.45) is 0 Å². The molecule has 0 saturated carbocycles. The lowest BCUT2D eigenvalue weighted by atomic mass is 10.1. The van der Waals surface area contributed by atoms with Gasteiger partial charge in [0, 0.05) is 74.2 Å². The van der Waals surface area contributed by atoms with Crippen LogP contribution in [0, 0.1) is 11.6 Å². The first-order chi connectivity index (χ1) is 20.9. The van der Waals surface area contributed by atoms with Crippen LogP contribution >= 0.6 is 0 Å². The summed E-state index contributed by atoms with van der Waals surface area (Å²) >= 11 is 0. The van der Waals surface area contributed by atoms with E-state index in [-0.39, 0.29) is 17.2 Å². The molecule has 4 aromatic heterocycles. The second kappa shape index (κ2) is 11.0. The lowest BCUT2D eigenvalue weighted by Gasteiger charge is -2.36. The van der Waals surface area contributed by atoms with Crippen molar-refractivity contribution in [2.45, 2.75) is 6.54 Å². The van der Waals surface area contributed by atoms with Gasteiger partial charge >= 0.3 is 0 Å².